The number of aromatic amines is 1. The lowest BCUT2D eigenvalue weighted by atomic mass is 9.82. The average molecular weight is 355 g/mol. The Labute approximate surface area is 156 Å². The molecule has 5 rings (SSSR count). The van der Waals surface area contributed by atoms with E-state index in [9.17, 15) is 4.79 Å². The summed E-state index contributed by atoms with van der Waals surface area (Å²) in [5.74, 6) is 1.91. The van der Waals surface area contributed by atoms with Gasteiger partial charge in [0.05, 0.1) is 0 Å². The second-order valence-corrected chi connectivity index (χ2v) is 6.63. The van der Waals surface area contributed by atoms with Gasteiger partial charge >= 0.3 is 5.97 Å². The molecule has 4 heteroatoms. The number of hydrogen-bond acceptors (Lipinski definition) is 3. The molecule has 0 aliphatic carbocycles. The lowest BCUT2D eigenvalue weighted by Crippen LogP contribution is -2.11. The number of hydrogen-bond donors (Lipinski definition) is 1. The SMILES string of the molecule is CC(=O)Oc1cccc2[nH]cc(C3c4ccccc4Oc4ccccc43)c12. The monoisotopic (exact) mass is 355 g/mol. The van der Waals surface area contributed by atoms with Crippen LogP contribution in [-0.4, -0.2) is 11.0 Å². The molecule has 4 aromatic rings. The molecule has 3 aromatic carbocycles. The third kappa shape index (κ3) is 2.49. The van der Waals surface area contributed by atoms with Crippen LogP contribution in [0.15, 0.2) is 72.9 Å². The van der Waals surface area contributed by atoms with Gasteiger partial charge in [0.2, 0.25) is 0 Å². The lowest BCUT2D eigenvalue weighted by Gasteiger charge is -2.28. The summed E-state index contributed by atoms with van der Waals surface area (Å²) in [5.41, 5.74) is 4.18. The zero-order valence-corrected chi connectivity index (χ0v) is 14.7. The summed E-state index contributed by atoms with van der Waals surface area (Å²) in [7, 11) is 0. The molecule has 132 valence electrons. The van der Waals surface area contributed by atoms with E-state index in [1.165, 1.54) is 6.92 Å². The summed E-state index contributed by atoms with van der Waals surface area (Å²) in [6.45, 7) is 1.42. The molecule has 0 saturated heterocycles. The standard InChI is InChI=1S/C23H17NO3/c1-14(25)26-21-12-6-9-18-23(21)17(13-24-18)22-15-7-2-4-10-19(15)27-20-11-5-3-8-16(20)22/h2-13,22,24H,1H3. The number of H-pyrrole nitrogens is 1. The molecular formula is C23H17NO3. The molecule has 0 unspecified atom stereocenters. The van der Waals surface area contributed by atoms with E-state index >= 15 is 0 Å². The number of carbonyl (C=O) groups excluding carboxylic acids is 1. The summed E-state index contributed by atoms with van der Waals surface area (Å²) in [6.07, 6.45) is 2.00. The van der Waals surface area contributed by atoms with E-state index in [2.05, 4.69) is 17.1 Å². The maximum atomic E-state index is 11.6. The number of para-hydroxylation sites is 2. The molecule has 2 heterocycles. The molecule has 1 aromatic heterocycles. The number of fused-ring (bicyclic) bond motifs is 3. The first-order valence-corrected chi connectivity index (χ1v) is 8.86. The zero-order chi connectivity index (χ0) is 18.4. The number of rotatable bonds is 2. The second kappa shape index (κ2) is 6.02. The van der Waals surface area contributed by atoms with Crippen LogP contribution in [0.1, 0.15) is 29.5 Å². The van der Waals surface area contributed by atoms with E-state index in [0.29, 0.717) is 5.75 Å². The van der Waals surface area contributed by atoms with Crippen LogP contribution in [0.4, 0.5) is 0 Å². The van der Waals surface area contributed by atoms with Crippen LogP contribution < -0.4 is 9.47 Å². The molecule has 0 saturated carbocycles. The van der Waals surface area contributed by atoms with E-state index in [0.717, 1.165) is 39.1 Å². The van der Waals surface area contributed by atoms with E-state index in [1.807, 2.05) is 60.8 Å². The van der Waals surface area contributed by atoms with Crippen molar-refractivity contribution in [2.75, 3.05) is 0 Å². The molecule has 1 aliphatic heterocycles. The van der Waals surface area contributed by atoms with Gasteiger partial charge < -0.3 is 14.5 Å². The van der Waals surface area contributed by atoms with Crippen molar-refractivity contribution in [3.63, 3.8) is 0 Å². The molecule has 27 heavy (non-hydrogen) atoms. The third-order valence-corrected chi connectivity index (χ3v) is 4.94. The summed E-state index contributed by atoms with van der Waals surface area (Å²) < 4.78 is 11.6. The van der Waals surface area contributed by atoms with Crippen molar-refractivity contribution in [3.8, 4) is 17.2 Å². The normalized spacial score (nSPS) is 12.9. The van der Waals surface area contributed by atoms with E-state index in [1.54, 1.807) is 0 Å². The Morgan fingerprint density at radius 2 is 1.56 bits per heavy atom. The minimum Gasteiger partial charge on any atom is -0.457 e. The van der Waals surface area contributed by atoms with E-state index in [-0.39, 0.29) is 11.9 Å². The van der Waals surface area contributed by atoms with Gasteiger partial charge in [-0.1, -0.05) is 42.5 Å². The maximum absolute atomic E-state index is 11.6. The van der Waals surface area contributed by atoms with Crippen molar-refractivity contribution >= 4 is 16.9 Å². The van der Waals surface area contributed by atoms with Crippen molar-refractivity contribution < 1.29 is 14.3 Å². The molecule has 0 radical (unpaired) electrons. The highest BCUT2D eigenvalue weighted by atomic mass is 16.5. The first kappa shape index (κ1) is 15.7. The Bertz CT molecular complexity index is 1130. The maximum Gasteiger partial charge on any atom is 0.308 e. The van der Waals surface area contributed by atoms with Gasteiger partial charge in [0, 0.05) is 41.1 Å². The van der Waals surface area contributed by atoms with Crippen molar-refractivity contribution in [2.24, 2.45) is 0 Å². The van der Waals surface area contributed by atoms with Crippen LogP contribution in [-0.2, 0) is 4.79 Å². The lowest BCUT2D eigenvalue weighted by molar-refractivity contribution is -0.131. The topological polar surface area (TPSA) is 51.3 Å². The van der Waals surface area contributed by atoms with Crippen molar-refractivity contribution in [1.29, 1.82) is 0 Å². The Hall–Kier alpha value is -3.53. The number of nitrogens with one attached hydrogen (secondary N) is 1. The highest BCUT2D eigenvalue weighted by Crippen LogP contribution is 2.49. The fourth-order valence-electron chi connectivity index (χ4n) is 3.89. The third-order valence-electron chi connectivity index (χ3n) is 4.94. The minimum atomic E-state index is -0.331. The minimum absolute atomic E-state index is 0.0170. The quantitative estimate of drug-likeness (QED) is 0.342. The van der Waals surface area contributed by atoms with Crippen LogP contribution >= 0.6 is 0 Å². The largest absolute Gasteiger partial charge is 0.457 e. The van der Waals surface area contributed by atoms with E-state index in [4.69, 9.17) is 9.47 Å². The van der Waals surface area contributed by atoms with Gasteiger partial charge in [0.25, 0.3) is 0 Å². The van der Waals surface area contributed by atoms with Crippen LogP contribution in [0.5, 0.6) is 17.2 Å². The number of esters is 1. The molecule has 0 bridgehead atoms. The second-order valence-electron chi connectivity index (χ2n) is 6.63. The number of ether oxygens (including phenoxy) is 2. The molecule has 0 amide bonds. The van der Waals surface area contributed by atoms with E-state index < -0.39 is 0 Å². The molecule has 1 aliphatic rings. The number of benzene rings is 3. The summed E-state index contributed by atoms with van der Waals surface area (Å²) in [5, 5.41) is 0.921. The Balaban J connectivity index is 1.80. The van der Waals surface area contributed by atoms with Crippen molar-refractivity contribution in [3.05, 3.63) is 89.6 Å². The van der Waals surface area contributed by atoms with Gasteiger partial charge in [-0.25, -0.2) is 0 Å². The van der Waals surface area contributed by atoms with Crippen LogP contribution in [0, 0.1) is 0 Å². The van der Waals surface area contributed by atoms with Gasteiger partial charge in [-0.3, -0.25) is 4.79 Å². The van der Waals surface area contributed by atoms with Crippen LogP contribution in [0.25, 0.3) is 10.9 Å². The Morgan fingerprint density at radius 1 is 0.889 bits per heavy atom. The van der Waals surface area contributed by atoms with Gasteiger partial charge in [0.15, 0.2) is 0 Å². The zero-order valence-electron chi connectivity index (χ0n) is 14.7. The molecule has 0 atom stereocenters. The number of carbonyl (C=O) groups is 1. The van der Waals surface area contributed by atoms with Gasteiger partial charge in [-0.05, 0) is 29.8 Å². The van der Waals surface area contributed by atoms with Crippen molar-refractivity contribution in [2.45, 2.75) is 12.8 Å². The predicted molar refractivity (Wildman–Crippen MR) is 104 cm³/mol. The van der Waals surface area contributed by atoms with Gasteiger partial charge in [-0.15, -0.1) is 0 Å². The summed E-state index contributed by atoms with van der Waals surface area (Å²) in [4.78, 5) is 14.9. The molecule has 0 fully saturated rings. The van der Waals surface area contributed by atoms with Gasteiger partial charge in [-0.2, -0.15) is 0 Å². The molecule has 4 nitrogen and oxygen atoms in total. The first-order valence-electron chi connectivity index (χ1n) is 8.86. The fraction of sp³-hybridized carbons (Fsp3) is 0.0870. The summed E-state index contributed by atoms with van der Waals surface area (Å²) >= 11 is 0. The van der Waals surface area contributed by atoms with Crippen molar-refractivity contribution in [1.82, 2.24) is 4.98 Å². The highest BCUT2D eigenvalue weighted by Gasteiger charge is 2.30. The molecule has 1 N–H and O–H groups in total. The predicted octanol–water partition coefficient (Wildman–Crippen LogP) is 5.38. The highest BCUT2D eigenvalue weighted by molar-refractivity contribution is 5.92. The smallest absolute Gasteiger partial charge is 0.308 e. The van der Waals surface area contributed by atoms with Gasteiger partial charge in [0.1, 0.15) is 17.2 Å². The van der Waals surface area contributed by atoms with Crippen LogP contribution in [0.2, 0.25) is 0 Å². The average Bonchev–Trinajstić information content (AvgIpc) is 3.10. The molecular weight excluding hydrogens is 338 g/mol. The Morgan fingerprint density at radius 3 is 2.22 bits per heavy atom. The Kier molecular flexibility index (Phi) is 3.50. The molecule has 0 spiro atoms. The number of aromatic nitrogens is 1. The summed E-state index contributed by atoms with van der Waals surface area (Å²) in [6, 6.07) is 21.8. The van der Waals surface area contributed by atoms with Crippen LogP contribution in [0.3, 0.4) is 0 Å². The fourth-order valence-corrected chi connectivity index (χ4v) is 3.89. The first-order chi connectivity index (χ1) is 13.2.